The van der Waals surface area contributed by atoms with Crippen LogP contribution in [0.1, 0.15) is 44.1 Å². The Labute approximate surface area is 129 Å². The molecule has 0 heterocycles. The van der Waals surface area contributed by atoms with E-state index < -0.39 is 0 Å². The maximum atomic E-state index is 5.19. The summed E-state index contributed by atoms with van der Waals surface area (Å²) in [4.78, 5) is 2.41. The summed E-state index contributed by atoms with van der Waals surface area (Å²) in [5.41, 5.74) is 1.35. The minimum atomic E-state index is 0.862. The van der Waals surface area contributed by atoms with Crippen LogP contribution < -0.4 is 10.1 Å². The van der Waals surface area contributed by atoms with Crippen LogP contribution in [0.3, 0.4) is 0 Å². The summed E-state index contributed by atoms with van der Waals surface area (Å²) < 4.78 is 5.19. The third-order valence-corrected chi connectivity index (χ3v) is 4.09. The van der Waals surface area contributed by atoms with E-state index in [4.69, 9.17) is 4.74 Å². The first-order valence-electron chi connectivity index (χ1n) is 8.33. The second-order valence-electron chi connectivity index (χ2n) is 6.23. The van der Waals surface area contributed by atoms with Crippen LogP contribution in [0.2, 0.25) is 0 Å². The van der Waals surface area contributed by atoms with Crippen LogP contribution in [0.5, 0.6) is 5.75 Å². The van der Waals surface area contributed by atoms with Crippen molar-refractivity contribution in [3.05, 3.63) is 29.8 Å². The van der Waals surface area contributed by atoms with Crippen LogP contribution in [0.4, 0.5) is 0 Å². The molecule has 118 valence electrons. The molecule has 1 aromatic carbocycles. The Balaban J connectivity index is 1.48. The minimum Gasteiger partial charge on any atom is -0.497 e. The smallest absolute Gasteiger partial charge is 0.118 e. The Kier molecular flexibility index (Phi) is 7.04. The molecule has 3 nitrogen and oxygen atoms in total. The van der Waals surface area contributed by atoms with Gasteiger partial charge in [0.25, 0.3) is 0 Å². The summed E-state index contributed by atoms with van der Waals surface area (Å²) in [5, 5.41) is 3.58. The van der Waals surface area contributed by atoms with Crippen molar-refractivity contribution >= 4 is 0 Å². The lowest BCUT2D eigenvalue weighted by atomic mass is 10.1. The third kappa shape index (κ3) is 6.96. The predicted molar refractivity (Wildman–Crippen MR) is 88.8 cm³/mol. The highest BCUT2D eigenvalue weighted by molar-refractivity contribution is 5.26. The largest absolute Gasteiger partial charge is 0.497 e. The van der Waals surface area contributed by atoms with Gasteiger partial charge in [-0.1, -0.05) is 25.0 Å². The van der Waals surface area contributed by atoms with Crippen molar-refractivity contribution in [1.82, 2.24) is 10.2 Å². The van der Waals surface area contributed by atoms with Crippen LogP contribution in [-0.4, -0.2) is 38.2 Å². The maximum absolute atomic E-state index is 5.19. The first kappa shape index (κ1) is 16.3. The number of benzene rings is 1. The maximum Gasteiger partial charge on any atom is 0.118 e. The lowest BCUT2D eigenvalue weighted by Crippen LogP contribution is -2.19. The molecule has 0 radical (unpaired) electrons. The molecular formula is C18H30N2O. The zero-order valence-electron chi connectivity index (χ0n) is 13.6. The van der Waals surface area contributed by atoms with E-state index >= 15 is 0 Å². The highest BCUT2D eigenvalue weighted by atomic mass is 16.5. The molecular weight excluding hydrogens is 260 g/mol. The molecule has 1 fully saturated rings. The van der Waals surface area contributed by atoms with E-state index in [0.29, 0.717) is 0 Å². The number of hydrogen-bond acceptors (Lipinski definition) is 3. The lowest BCUT2D eigenvalue weighted by Gasteiger charge is -2.16. The van der Waals surface area contributed by atoms with Crippen molar-refractivity contribution in [1.29, 1.82) is 0 Å². The minimum absolute atomic E-state index is 0.862. The van der Waals surface area contributed by atoms with Crippen LogP contribution in [0, 0.1) is 0 Å². The highest BCUT2D eigenvalue weighted by Crippen LogP contribution is 2.18. The van der Waals surface area contributed by atoms with Crippen LogP contribution in [0.15, 0.2) is 24.3 Å². The van der Waals surface area contributed by atoms with Gasteiger partial charge in [-0.3, -0.25) is 0 Å². The third-order valence-electron chi connectivity index (χ3n) is 4.09. The van der Waals surface area contributed by atoms with Crippen molar-refractivity contribution in [2.45, 2.75) is 51.1 Å². The van der Waals surface area contributed by atoms with Gasteiger partial charge in [-0.2, -0.15) is 0 Å². The molecule has 2 rings (SSSR count). The Hall–Kier alpha value is -1.06. The standard InChI is InChI=1S/C18H30N2O/c1-20(15-16-7-11-18(21-2)12-8-16)14-6-4-3-5-13-19-17-9-10-17/h7-8,11-12,17,19H,3-6,9-10,13-15H2,1-2H3. The number of rotatable bonds is 11. The number of nitrogens with zero attached hydrogens (tertiary/aromatic N) is 1. The summed E-state index contributed by atoms with van der Waals surface area (Å²) in [6, 6.07) is 9.24. The summed E-state index contributed by atoms with van der Waals surface area (Å²) in [7, 11) is 3.92. The van der Waals surface area contributed by atoms with E-state index in [1.54, 1.807) is 7.11 Å². The van der Waals surface area contributed by atoms with Crippen LogP contribution >= 0.6 is 0 Å². The van der Waals surface area contributed by atoms with Gasteiger partial charge < -0.3 is 15.0 Å². The van der Waals surface area contributed by atoms with E-state index in [2.05, 4.69) is 29.4 Å². The van der Waals surface area contributed by atoms with Gasteiger partial charge >= 0.3 is 0 Å². The average molecular weight is 290 g/mol. The quantitative estimate of drug-likeness (QED) is 0.632. The molecule has 1 N–H and O–H groups in total. The molecule has 0 spiro atoms. The zero-order chi connectivity index (χ0) is 14.9. The normalized spacial score (nSPS) is 14.6. The molecule has 1 saturated carbocycles. The predicted octanol–water partition coefficient (Wildman–Crippen LogP) is 3.44. The Morgan fingerprint density at radius 3 is 2.48 bits per heavy atom. The molecule has 0 unspecified atom stereocenters. The van der Waals surface area contributed by atoms with E-state index in [1.807, 2.05) is 12.1 Å². The second-order valence-corrected chi connectivity index (χ2v) is 6.23. The van der Waals surface area contributed by atoms with Crippen LogP contribution in [0.25, 0.3) is 0 Å². The summed E-state index contributed by atoms with van der Waals surface area (Å²) >= 11 is 0. The molecule has 0 saturated heterocycles. The van der Waals surface area contributed by atoms with Crippen LogP contribution in [-0.2, 0) is 6.54 Å². The van der Waals surface area contributed by atoms with E-state index in [9.17, 15) is 0 Å². The Morgan fingerprint density at radius 2 is 1.81 bits per heavy atom. The number of hydrogen-bond donors (Lipinski definition) is 1. The van der Waals surface area contributed by atoms with E-state index in [1.165, 1.54) is 57.2 Å². The number of nitrogens with one attached hydrogen (secondary N) is 1. The monoisotopic (exact) mass is 290 g/mol. The van der Waals surface area contributed by atoms with Crippen molar-refractivity contribution < 1.29 is 4.74 Å². The van der Waals surface area contributed by atoms with Gasteiger partial charge in [0, 0.05) is 12.6 Å². The fourth-order valence-electron chi connectivity index (χ4n) is 2.58. The van der Waals surface area contributed by atoms with Crippen molar-refractivity contribution in [2.75, 3.05) is 27.2 Å². The zero-order valence-corrected chi connectivity index (χ0v) is 13.6. The molecule has 0 aromatic heterocycles. The molecule has 0 aliphatic heterocycles. The number of ether oxygens (including phenoxy) is 1. The number of unbranched alkanes of at least 4 members (excludes halogenated alkanes) is 3. The molecule has 0 bridgehead atoms. The van der Waals surface area contributed by atoms with Gasteiger partial charge in [0.1, 0.15) is 5.75 Å². The molecule has 3 heteroatoms. The van der Waals surface area contributed by atoms with Crippen molar-refractivity contribution in [3.8, 4) is 5.75 Å². The first-order chi connectivity index (χ1) is 10.3. The SMILES string of the molecule is COc1ccc(CN(C)CCCCCCNC2CC2)cc1. The molecule has 0 atom stereocenters. The van der Waals surface area contributed by atoms with Gasteiger partial charge in [-0.25, -0.2) is 0 Å². The molecule has 1 aromatic rings. The molecule has 1 aliphatic carbocycles. The average Bonchev–Trinajstić information content (AvgIpc) is 3.31. The Bertz CT molecular complexity index is 387. The lowest BCUT2D eigenvalue weighted by molar-refractivity contribution is 0.316. The first-order valence-corrected chi connectivity index (χ1v) is 8.33. The second kappa shape index (κ2) is 9.06. The van der Waals surface area contributed by atoms with E-state index in [0.717, 1.165) is 18.3 Å². The van der Waals surface area contributed by atoms with E-state index in [-0.39, 0.29) is 0 Å². The fourth-order valence-corrected chi connectivity index (χ4v) is 2.58. The highest BCUT2D eigenvalue weighted by Gasteiger charge is 2.19. The molecule has 1 aliphatic rings. The van der Waals surface area contributed by atoms with Crippen molar-refractivity contribution in [3.63, 3.8) is 0 Å². The topological polar surface area (TPSA) is 24.5 Å². The summed E-state index contributed by atoms with van der Waals surface area (Å²) in [5.74, 6) is 0.932. The summed E-state index contributed by atoms with van der Waals surface area (Å²) in [6.45, 7) is 3.42. The van der Waals surface area contributed by atoms with Gasteiger partial charge in [0.15, 0.2) is 0 Å². The molecule has 21 heavy (non-hydrogen) atoms. The molecule has 0 amide bonds. The van der Waals surface area contributed by atoms with Gasteiger partial charge in [0.2, 0.25) is 0 Å². The van der Waals surface area contributed by atoms with Gasteiger partial charge in [0.05, 0.1) is 7.11 Å². The Morgan fingerprint density at radius 1 is 1.10 bits per heavy atom. The van der Waals surface area contributed by atoms with Gasteiger partial charge in [-0.05, 0) is 63.5 Å². The van der Waals surface area contributed by atoms with Crippen molar-refractivity contribution in [2.24, 2.45) is 0 Å². The number of methoxy groups -OCH3 is 1. The fraction of sp³-hybridized carbons (Fsp3) is 0.667. The summed E-state index contributed by atoms with van der Waals surface area (Å²) in [6.07, 6.45) is 8.14. The van der Waals surface area contributed by atoms with Gasteiger partial charge in [-0.15, -0.1) is 0 Å².